The first-order valence-electron chi connectivity index (χ1n) is 10.9. The molecule has 1 fully saturated rings. The molecule has 2 amide bonds. The smallest absolute Gasteiger partial charge is 0.270 e. The number of aromatic nitrogens is 2. The first kappa shape index (κ1) is 22.6. The Morgan fingerprint density at radius 2 is 2.09 bits per heavy atom. The molecule has 174 valence electrons. The van der Waals surface area contributed by atoms with Crippen LogP contribution in [0, 0.1) is 18.7 Å². The maximum Gasteiger partial charge on any atom is 0.270 e. The van der Waals surface area contributed by atoms with Crippen molar-refractivity contribution in [1.82, 2.24) is 20.2 Å². The lowest BCUT2D eigenvalue weighted by atomic mass is 9.88. The number of halogens is 1. The third-order valence-corrected chi connectivity index (χ3v) is 5.98. The molecule has 1 N–H and O–H groups in total. The molecule has 0 aliphatic carbocycles. The summed E-state index contributed by atoms with van der Waals surface area (Å²) in [6, 6.07) is 6.02. The Morgan fingerprint density at radius 1 is 1.30 bits per heavy atom. The van der Waals surface area contributed by atoms with Gasteiger partial charge in [0.05, 0.1) is 12.8 Å². The molecule has 1 aromatic carbocycles. The molecule has 0 saturated carbocycles. The minimum absolute atomic E-state index is 0.0604. The fraction of sp³-hybridized carbons (Fsp3) is 0.435. The van der Waals surface area contributed by atoms with Gasteiger partial charge in [-0.3, -0.25) is 9.59 Å². The summed E-state index contributed by atoms with van der Waals surface area (Å²) in [5.74, 6) is 0.0538. The molecule has 4 rings (SSSR count). The number of methoxy groups -OCH3 is 1. The highest BCUT2D eigenvalue weighted by molar-refractivity contribution is 6.01. The average molecular weight is 455 g/mol. The molecule has 3 heterocycles. The number of rotatable bonds is 7. The Labute approximate surface area is 191 Å². The number of oxime groups is 1. The van der Waals surface area contributed by atoms with Gasteiger partial charge in [-0.05, 0) is 43.5 Å². The molecule has 10 heteroatoms. The maximum atomic E-state index is 13.6. The zero-order valence-corrected chi connectivity index (χ0v) is 18.6. The van der Waals surface area contributed by atoms with Crippen molar-refractivity contribution in [3.63, 3.8) is 0 Å². The van der Waals surface area contributed by atoms with Gasteiger partial charge in [0.25, 0.3) is 5.91 Å². The van der Waals surface area contributed by atoms with E-state index < -0.39 is 5.82 Å². The fourth-order valence-corrected chi connectivity index (χ4v) is 4.12. The molecule has 0 spiro atoms. The van der Waals surface area contributed by atoms with E-state index in [9.17, 15) is 14.0 Å². The first-order chi connectivity index (χ1) is 16.0. The van der Waals surface area contributed by atoms with E-state index in [1.807, 2.05) is 0 Å². The largest absolute Gasteiger partial charge is 0.494 e. The van der Waals surface area contributed by atoms with E-state index in [-0.39, 0.29) is 30.0 Å². The molecular weight excluding hydrogens is 429 g/mol. The van der Waals surface area contributed by atoms with E-state index in [4.69, 9.17) is 9.57 Å². The molecular formula is C23H26FN5O4. The van der Waals surface area contributed by atoms with Crippen LogP contribution >= 0.6 is 0 Å². The summed E-state index contributed by atoms with van der Waals surface area (Å²) in [6.45, 7) is 3.36. The molecule has 0 bridgehead atoms. The number of nitrogens with one attached hydrogen (secondary N) is 1. The van der Waals surface area contributed by atoms with Crippen LogP contribution in [0.3, 0.4) is 0 Å². The van der Waals surface area contributed by atoms with Crippen molar-refractivity contribution in [1.29, 1.82) is 0 Å². The minimum atomic E-state index is -0.462. The highest BCUT2D eigenvalue weighted by Gasteiger charge is 2.33. The number of aryl methyl sites for hydroxylation is 1. The van der Waals surface area contributed by atoms with Crippen LogP contribution in [0.1, 0.15) is 46.8 Å². The predicted molar refractivity (Wildman–Crippen MR) is 117 cm³/mol. The molecule has 0 unspecified atom stereocenters. The standard InChI is InChI=1S/C23H26FN5O4/c1-14-26-18(19-11-21(33-28-19)16-5-7-29(13-30)8-6-16)10-20(27-14)23(31)25-12-15-3-4-17(24)22(9-15)32-2/h3-4,9-10,13,16,21H,5-8,11-12H2,1-2H3,(H,25,31)/t21-/m0/s1. The van der Waals surface area contributed by atoms with Gasteiger partial charge >= 0.3 is 0 Å². The lowest BCUT2D eigenvalue weighted by Gasteiger charge is -2.31. The van der Waals surface area contributed by atoms with E-state index >= 15 is 0 Å². The zero-order valence-electron chi connectivity index (χ0n) is 18.6. The SMILES string of the molecule is COc1cc(CNC(=O)c2cc(C3=NO[C@H](C4CCN(C=O)CC4)C3)nc(C)n2)ccc1F. The second kappa shape index (κ2) is 9.93. The molecule has 1 atom stereocenters. The van der Waals surface area contributed by atoms with Gasteiger partial charge in [-0.2, -0.15) is 0 Å². The molecule has 2 aliphatic heterocycles. The fourth-order valence-electron chi connectivity index (χ4n) is 4.12. The summed E-state index contributed by atoms with van der Waals surface area (Å²) < 4.78 is 18.6. The number of carbonyl (C=O) groups is 2. The highest BCUT2D eigenvalue weighted by atomic mass is 19.1. The number of likely N-dealkylation sites (tertiary alicyclic amines) is 1. The first-order valence-corrected chi connectivity index (χ1v) is 10.9. The van der Waals surface area contributed by atoms with E-state index in [0.717, 1.165) is 32.3 Å². The van der Waals surface area contributed by atoms with Crippen LogP contribution in [0.2, 0.25) is 0 Å². The second-order valence-corrected chi connectivity index (χ2v) is 8.20. The van der Waals surface area contributed by atoms with Crippen LogP contribution in [0.15, 0.2) is 29.4 Å². The average Bonchev–Trinajstić information content (AvgIpc) is 3.33. The number of hydrogen-bond donors (Lipinski definition) is 1. The molecule has 2 aliphatic rings. The van der Waals surface area contributed by atoms with Gasteiger partial charge in [-0.15, -0.1) is 0 Å². The van der Waals surface area contributed by atoms with Crippen LogP contribution in [0.4, 0.5) is 4.39 Å². The summed E-state index contributed by atoms with van der Waals surface area (Å²) in [7, 11) is 1.39. The van der Waals surface area contributed by atoms with Crippen molar-refractivity contribution >= 4 is 18.0 Å². The number of carbonyl (C=O) groups excluding carboxylic acids is 2. The summed E-state index contributed by atoms with van der Waals surface area (Å²) in [5.41, 5.74) is 2.16. The third kappa shape index (κ3) is 5.27. The van der Waals surface area contributed by atoms with E-state index in [0.29, 0.717) is 35.1 Å². The Morgan fingerprint density at radius 3 is 2.82 bits per heavy atom. The number of ether oxygens (including phenoxy) is 1. The topological polar surface area (TPSA) is 106 Å². The number of piperidine rings is 1. The van der Waals surface area contributed by atoms with E-state index in [1.54, 1.807) is 24.0 Å². The van der Waals surface area contributed by atoms with Crippen molar-refractivity contribution in [2.24, 2.45) is 11.1 Å². The summed E-state index contributed by atoms with van der Waals surface area (Å²) in [5, 5.41) is 7.02. The minimum Gasteiger partial charge on any atom is -0.494 e. The number of hydrogen-bond acceptors (Lipinski definition) is 7. The molecule has 1 aromatic heterocycles. The van der Waals surface area contributed by atoms with Crippen LogP contribution in [-0.2, 0) is 16.2 Å². The zero-order chi connectivity index (χ0) is 23.4. The summed E-state index contributed by atoms with van der Waals surface area (Å²) in [6.07, 6.45) is 3.16. The Hall–Kier alpha value is -3.56. The van der Waals surface area contributed by atoms with Gasteiger partial charge in [0, 0.05) is 32.0 Å². The van der Waals surface area contributed by atoms with Crippen LogP contribution < -0.4 is 10.1 Å². The maximum absolute atomic E-state index is 13.6. The van der Waals surface area contributed by atoms with Crippen LogP contribution in [-0.4, -0.2) is 59.2 Å². The predicted octanol–water partition coefficient (Wildman–Crippen LogP) is 2.22. The van der Waals surface area contributed by atoms with E-state index in [1.165, 1.54) is 19.2 Å². The van der Waals surface area contributed by atoms with Gasteiger partial charge in [0.2, 0.25) is 6.41 Å². The summed E-state index contributed by atoms with van der Waals surface area (Å²) >= 11 is 0. The van der Waals surface area contributed by atoms with Crippen molar-refractivity contribution in [3.05, 3.63) is 52.9 Å². The van der Waals surface area contributed by atoms with Gasteiger partial charge < -0.3 is 19.8 Å². The molecule has 2 aromatic rings. The third-order valence-electron chi connectivity index (χ3n) is 5.98. The van der Waals surface area contributed by atoms with Crippen LogP contribution in [0.5, 0.6) is 5.75 Å². The molecule has 9 nitrogen and oxygen atoms in total. The molecule has 33 heavy (non-hydrogen) atoms. The van der Waals surface area contributed by atoms with Gasteiger partial charge in [0.1, 0.15) is 23.3 Å². The Bertz CT molecular complexity index is 1070. The quantitative estimate of drug-likeness (QED) is 0.642. The lowest BCUT2D eigenvalue weighted by Crippen LogP contribution is -2.37. The van der Waals surface area contributed by atoms with Crippen LogP contribution in [0.25, 0.3) is 0 Å². The van der Waals surface area contributed by atoms with Crippen molar-refractivity contribution in [2.75, 3.05) is 20.2 Å². The monoisotopic (exact) mass is 455 g/mol. The number of amides is 2. The van der Waals surface area contributed by atoms with Crippen molar-refractivity contribution in [3.8, 4) is 5.75 Å². The van der Waals surface area contributed by atoms with Crippen molar-refractivity contribution < 1.29 is 23.6 Å². The Balaban J connectivity index is 1.39. The Kier molecular flexibility index (Phi) is 6.81. The highest BCUT2D eigenvalue weighted by Crippen LogP contribution is 2.29. The number of benzene rings is 1. The van der Waals surface area contributed by atoms with Gasteiger partial charge in [-0.1, -0.05) is 11.2 Å². The second-order valence-electron chi connectivity index (χ2n) is 8.20. The van der Waals surface area contributed by atoms with Gasteiger partial charge in [-0.25, -0.2) is 14.4 Å². The molecule has 0 radical (unpaired) electrons. The number of nitrogens with zero attached hydrogens (tertiary/aromatic N) is 4. The van der Waals surface area contributed by atoms with Crippen molar-refractivity contribution in [2.45, 2.75) is 38.8 Å². The van der Waals surface area contributed by atoms with Gasteiger partial charge in [0.15, 0.2) is 11.6 Å². The lowest BCUT2D eigenvalue weighted by molar-refractivity contribution is -0.120. The normalized spacial score (nSPS) is 18.5. The molecule has 1 saturated heterocycles. The summed E-state index contributed by atoms with van der Waals surface area (Å²) in [4.78, 5) is 39.8. The van der Waals surface area contributed by atoms with E-state index in [2.05, 4.69) is 20.4 Å².